The maximum absolute atomic E-state index is 13.3. The first-order valence-electron chi connectivity index (χ1n) is 17.9. The lowest BCUT2D eigenvalue weighted by atomic mass is 10.1. The van der Waals surface area contributed by atoms with Crippen LogP contribution >= 0.6 is 0 Å². The highest BCUT2D eigenvalue weighted by molar-refractivity contribution is 5.84. The zero-order valence-corrected chi connectivity index (χ0v) is 28.4. The average molecular weight is 680 g/mol. The van der Waals surface area contributed by atoms with Crippen molar-refractivity contribution >= 4 is 11.8 Å². The van der Waals surface area contributed by atoms with Crippen LogP contribution in [0.1, 0.15) is 85.0 Å². The van der Waals surface area contributed by atoms with Crippen molar-refractivity contribution in [3.8, 4) is 34.4 Å². The zero-order valence-electron chi connectivity index (χ0n) is 28.4. The van der Waals surface area contributed by atoms with Crippen LogP contribution in [0.5, 0.6) is 0 Å². The lowest BCUT2D eigenvalue weighted by molar-refractivity contribution is -0.142. The Morgan fingerprint density at radius 2 is 1.27 bits per heavy atom. The van der Waals surface area contributed by atoms with Crippen molar-refractivity contribution in [1.29, 1.82) is 0 Å². The highest BCUT2D eigenvalue weighted by Crippen LogP contribution is 2.35. The maximum Gasteiger partial charge on any atom is 0.252 e. The van der Waals surface area contributed by atoms with E-state index in [1.54, 1.807) is 0 Å². The first-order valence-corrected chi connectivity index (χ1v) is 17.9. The van der Waals surface area contributed by atoms with E-state index in [-0.39, 0.29) is 30.0 Å². The molecule has 0 saturated carbocycles. The van der Waals surface area contributed by atoms with Crippen LogP contribution in [0.15, 0.2) is 91.3 Å². The van der Waals surface area contributed by atoms with Gasteiger partial charge in [0.15, 0.2) is 0 Å². The summed E-state index contributed by atoms with van der Waals surface area (Å²) >= 11 is 0. The summed E-state index contributed by atoms with van der Waals surface area (Å²) in [5.74, 6) is 8.16. The molecule has 2 amide bonds. The van der Waals surface area contributed by atoms with Gasteiger partial charge in [-0.1, -0.05) is 66.4 Å². The van der Waals surface area contributed by atoms with E-state index in [4.69, 9.17) is 10.5 Å². The highest BCUT2D eigenvalue weighted by atomic mass is 16.5. The van der Waals surface area contributed by atoms with Crippen LogP contribution in [0.4, 0.5) is 0 Å². The third kappa shape index (κ3) is 6.83. The summed E-state index contributed by atoms with van der Waals surface area (Å²) in [5.41, 5.74) is 12.8. The Balaban J connectivity index is 0.894. The van der Waals surface area contributed by atoms with Crippen molar-refractivity contribution in [3.05, 3.63) is 120 Å². The van der Waals surface area contributed by atoms with Crippen molar-refractivity contribution in [2.24, 2.45) is 5.73 Å². The Bertz CT molecular complexity index is 2050. The first kappa shape index (κ1) is 32.7. The second-order valence-corrected chi connectivity index (χ2v) is 13.5. The van der Waals surface area contributed by atoms with Gasteiger partial charge in [0.25, 0.3) is 5.91 Å². The molecular formula is C41H41N7O3. The predicted molar refractivity (Wildman–Crippen MR) is 194 cm³/mol. The average Bonchev–Trinajstić information content (AvgIpc) is 4.02. The number of benzene rings is 3. The zero-order chi connectivity index (χ0) is 34.7. The number of ether oxygens (including phenoxy) is 1. The summed E-state index contributed by atoms with van der Waals surface area (Å²) in [6.45, 7) is 2.07. The lowest BCUT2D eigenvalue weighted by Gasteiger charge is -2.26. The maximum atomic E-state index is 13.3. The summed E-state index contributed by atoms with van der Waals surface area (Å²) in [4.78, 5) is 46.4. The van der Waals surface area contributed by atoms with Gasteiger partial charge in [0, 0.05) is 30.8 Å². The van der Waals surface area contributed by atoms with Gasteiger partial charge in [-0.25, -0.2) is 9.97 Å². The molecule has 0 spiro atoms. The second kappa shape index (κ2) is 14.4. The number of amides is 2. The number of H-pyrrole nitrogens is 2. The van der Waals surface area contributed by atoms with Crippen LogP contribution in [0.3, 0.4) is 0 Å². The molecule has 3 fully saturated rings. The van der Waals surface area contributed by atoms with Gasteiger partial charge in [0.2, 0.25) is 5.91 Å². The standard InChI is InChI=1S/C41H41N7O3/c42-37(31-7-2-1-3-8-31)41(50)48-23-5-10-35(48)39-44-26-33(46-39)30-20-16-28(17-21-30)13-12-27-14-18-29(19-15-27)32-25-43-38(45-32)34-9-4-22-47(34)40(49)36-11-6-24-51-36/h1-3,7-8,14-21,25-26,34-37H,4-6,9-11,22-24,42H2,(H,43,45)(H,44,46)/t34-,35-,36+,37+/m0/s1. The number of aromatic nitrogens is 4. The molecule has 10 nitrogen and oxygen atoms in total. The molecule has 0 radical (unpaired) electrons. The van der Waals surface area contributed by atoms with Gasteiger partial charge in [0.05, 0.1) is 35.9 Å². The van der Waals surface area contributed by atoms with Crippen LogP contribution < -0.4 is 5.73 Å². The van der Waals surface area contributed by atoms with Gasteiger partial charge < -0.3 is 30.2 Å². The summed E-state index contributed by atoms with van der Waals surface area (Å²) < 4.78 is 5.66. The van der Waals surface area contributed by atoms with Gasteiger partial charge in [0.1, 0.15) is 23.8 Å². The van der Waals surface area contributed by atoms with E-state index < -0.39 is 6.04 Å². The van der Waals surface area contributed by atoms with Crippen LogP contribution in [0.25, 0.3) is 22.5 Å². The molecule has 4 N–H and O–H groups in total. The summed E-state index contributed by atoms with van der Waals surface area (Å²) in [5, 5.41) is 0. The van der Waals surface area contributed by atoms with Crippen molar-refractivity contribution in [1.82, 2.24) is 29.7 Å². The number of nitrogens with two attached hydrogens (primary N) is 1. The number of likely N-dealkylation sites (tertiary alicyclic amines) is 2. The number of hydrogen-bond acceptors (Lipinski definition) is 6. The van der Waals surface area contributed by atoms with E-state index in [9.17, 15) is 9.59 Å². The predicted octanol–water partition coefficient (Wildman–Crippen LogP) is 6.07. The molecule has 5 aromatic rings. The Morgan fingerprint density at radius 1 is 0.725 bits per heavy atom. The number of carbonyl (C=O) groups is 2. The minimum atomic E-state index is -0.693. The Labute approximate surface area is 297 Å². The van der Waals surface area contributed by atoms with Crippen LogP contribution in [0, 0.1) is 11.8 Å². The SMILES string of the molecule is N[C@@H](C(=O)N1CCC[C@H]1c1ncc(-c2ccc(C#Cc3ccc(-c4cnc([C@@H]5CCCN5C(=O)[C@H]5CCCO5)[nH]4)cc3)cc2)[nH]1)c1ccccc1. The number of carbonyl (C=O) groups excluding carboxylic acids is 2. The van der Waals surface area contributed by atoms with Crippen molar-refractivity contribution in [2.45, 2.75) is 62.8 Å². The summed E-state index contributed by atoms with van der Waals surface area (Å²) in [6, 6.07) is 24.8. The summed E-state index contributed by atoms with van der Waals surface area (Å²) in [6.07, 6.45) is 8.72. The number of aromatic amines is 2. The fourth-order valence-electron chi connectivity index (χ4n) is 7.48. The normalized spacial score (nSPS) is 20.7. The molecule has 0 unspecified atom stereocenters. The molecule has 0 bridgehead atoms. The quantitative estimate of drug-likeness (QED) is 0.179. The van der Waals surface area contributed by atoms with Gasteiger partial charge in [-0.3, -0.25) is 9.59 Å². The molecule has 2 aromatic heterocycles. The number of nitrogens with zero attached hydrogens (tertiary/aromatic N) is 4. The van der Waals surface area contributed by atoms with Crippen LogP contribution in [0.2, 0.25) is 0 Å². The topological polar surface area (TPSA) is 133 Å². The second-order valence-electron chi connectivity index (χ2n) is 13.5. The lowest BCUT2D eigenvalue weighted by Crippen LogP contribution is -2.38. The number of nitrogens with one attached hydrogen (secondary N) is 2. The van der Waals surface area contributed by atoms with Crippen molar-refractivity contribution in [3.63, 3.8) is 0 Å². The third-order valence-corrected chi connectivity index (χ3v) is 10.3. The van der Waals surface area contributed by atoms with Gasteiger partial charge in [-0.05, 0) is 79.5 Å². The Kier molecular flexibility index (Phi) is 9.22. The van der Waals surface area contributed by atoms with Gasteiger partial charge in [-0.2, -0.15) is 0 Å². The fourth-order valence-corrected chi connectivity index (χ4v) is 7.48. The van der Waals surface area contributed by atoms with E-state index in [0.717, 1.165) is 95.9 Å². The largest absolute Gasteiger partial charge is 0.368 e. The number of imidazole rings is 2. The molecule has 4 atom stereocenters. The first-order chi connectivity index (χ1) is 25.0. The van der Waals surface area contributed by atoms with Crippen molar-refractivity contribution < 1.29 is 14.3 Å². The molecule has 3 aliphatic rings. The molecule has 3 aromatic carbocycles. The number of hydrogen-bond donors (Lipinski definition) is 3. The Morgan fingerprint density at radius 3 is 1.82 bits per heavy atom. The molecular weight excluding hydrogens is 638 g/mol. The Hall–Kier alpha value is -5.50. The highest BCUT2D eigenvalue weighted by Gasteiger charge is 2.37. The molecule has 3 aliphatic heterocycles. The van der Waals surface area contributed by atoms with E-state index in [1.807, 2.05) is 101 Å². The van der Waals surface area contributed by atoms with Crippen LogP contribution in [-0.4, -0.2) is 67.4 Å². The van der Waals surface area contributed by atoms with Crippen molar-refractivity contribution in [2.75, 3.05) is 19.7 Å². The van der Waals surface area contributed by atoms with Crippen LogP contribution in [-0.2, 0) is 14.3 Å². The summed E-state index contributed by atoms with van der Waals surface area (Å²) in [7, 11) is 0. The van der Waals surface area contributed by atoms with Gasteiger partial charge in [-0.15, -0.1) is 0 Å². The van der Waals surface area contributed by atoms with E-state index in [0.29, 0.717) is 13.2 Å². The number of rotatable bonds is 7. The molecule has 0 aliphatic carbocycles. The molecule has 8 rings (SSSR count). The minimum absolute atomic E-state index is 0.0414. The van der Waals surface area contributed by atoms with E-state index in [1.165, 1.54) is 0 Å². The van der Waals surface area contributed by atoms with E-state index >= 15 is 0 Å². The van der Waals surface area contributed by atoms with Gasteiger partial charge >= 0.3 is 0 Å². The van der Waals surface area contributed by atoms with E-state index in [2.05, 4.69) is 31.8 Å². The minimum Gasteiger partial charge on any atom is -0.368 e. The molecule has 10 heteroatoms. The molecule has 51 heavy (non-hydrogen) atoms. The molecule has 258 valence electrons. The smallest absolute Gasteiger partial charge is 0.252 e. The molecule has 5 heterocycles. The monoisotopic (exact) mass is 679 g/mol. The fraction of sp³-hybridized carbons (Fsp3) is 0.317. The third-order valence-electron chi connectivity index (χ3n) is 10.3. The molecule has 3 saturated heterocycles.